The first-order valence-electron chi connectivity index (χ1n) is 9.91. The molecule has 8 nitrogen and oxygen atoms in total. The molecule has 1 fully saturated rings. The summed E-state index contributed by atoms with van der Waals surface area (Å²) in [5, 5.41) is 17.2. The molecule has 3 heterocycles. The van der Waals surface area contributed by atoms with Crippen LogP contribution in [-0.2, 0) is 0 Å². The predicted octanol–water partition coefficient (Wildman–Crippen LogP) is 2.50. The number of para-hydroxylation sites is 1. The number of aryl methyl sites for hydroxylation is 1. The maximum atomic E-state index is 12.4. The summed E-state index contributed by atoms with van der Waals surface area (Å²) in [4.78, 5) is 31.3. The first kappa shape index (κ1) is 19.6. The van der Waals surface area contributed by atoms with Crippen molar-refractivity contribution in [2.75, 3.05) is 6.54 Å². The Bertz CT molecular complexity index is 1180. The molecule has 1 atom stereocenters. The van der Waals surface area contributed by atoms with Gasteiger partial charge in [0.2, 0.25) is 5.88 Å². The SMILES string of the molecule is Cc1ccccc1-n1c(O)c(C=NN2CCCC[C@@H]2c2cccnc2)c(=O)[nH]c1=O. The lowest BCUT2D eigenvalue weighted by Crippen LogP contribution is -2.33. The zero-order chi connectivity index (χ0) is 21.1. The summed E-state index contributed by atoms with van der Waals surface area (Å²) in [5.41, 5.74) is 0.900. The maximum absolute atomic E-state index is 12.4. The fraction of sp³-hybridized carbons (Fsp3) is 0.273. The number of piperidine rings is 1. The van der Waals surface area contributed by atoms with Crippen LogP contribution in [0, 0.1) is 6.92 Å². The number of nitrogens with zero attached hydrogens (tertiary/aromatic N) is 4. The van der Waals surface area contributed by atoms with E-state index in [-0.39, 0.29) is 11.6 Å². The predicted molar refractivity (Wildman–Crippen MR) is 114 cm³/mol. The first-order chi connectivity index (χ1) is 14.6. The van der Waals surface area contributed by atoms with Gasteiger partial charge in [0.05, 0.1) is 17.9 Å². The van der Waals surface area contributed by atoms with Crippen LogP contribution in [-0.4, -0.2) is 37.4 Å². The zero-order valence-corrected chi connectivity index (χ0v) is 16.7. The van der Waals surface area contributed by atoms with Crippen molar-refractivity contribution in [1.29, 1.82) is 0 Å². The summed E-state index contributed by atoms with van der Waals surface area (Å²) in [5.74, 6) is -0.434. The van der Waals surface area contributed by atoms with E-state index in [2.05, 4.69) is 15.1 Å². The molecule has 8 heteroatoms. The number of pyridine rings is 1. The molecule has 0 amide bonds. The third-order valence-electron chi connectivity index (χ3n) is 5.36. The highest BCUT2D eigenvalue weighted by Gasteiger charge is 2.23. The monoisotopic (exact) mass is 405 g/mol. The average Bonchev–Trinajstić information content (AvgIpc) is 2.75. The molecule has 0 spiro atoms. The molecule has 0 unspecified atom stereocenters. The number of rotatable bonds is 4. The number of aromatic amines is 1. The van der Waals surface area contributed by atoms with Crippen LogP contribution in [0.3, 0.4) is 0 Å². The Morgan fingerprint density at radius 3 is 2.80 bits per heavy atom. The molecule has 0 bridgehead atoms. The van der Waals surface area contributed by atoms with Crippen LogP contribution in [0.4, 0.5) is 0 Å². The molecule has 0 saturated carbocycles. The summed E-state index contributed by atoms with van der Waals surface area (Å²) in [6.45, 7) is 2.55. The van der Waals surface area contributed by atoms with Gasteiger partial charge in [0.25, 0.3) is 5.56 Å². The molecule has 2 aromatic heterocycles. The number of H-pyrrole nitrogens is 1. The summed E-state index contributed by atoms with van der Waals surface area (Å²) in [6, 6.07) is 11.1. The smallest absolute Gasteiger partial charge is 0.335 e. The number of hydrazone groups is 1. The molecule has 1 aliphatic rings. The zero-order valence-electron chi connectivity index (χ0n) is 16.7. The van der Waals surface area contributed by atoms with E-state index in [1.165, 1.54) is 6.21 Å². The first-order valence-corrected chi connectivity index (χ1v) is 9.91. The molecule has 1 saturated heterocycles. The highest BCUT2D eigenvalue weighted by molar-refractivity contribution is 5.82. The molecule has 2 N–H and O–H groups in total. The average molecular weight is 405 g/mol. The highest BCUT2D eigenvalue weighted by atomic mass is 16.3. The molecule has 4 rings (SSSR count). The molecular weight excluding hydrogens is 382 g/mol. The van der Waals surface area contributed by atoms with E-state index in [9.17, 15) is 14.7 Å². The maximum Gasteiger partial charge on any atom is 0.335 e. The van der Waals surface area contributed by atoms with E-state index in [1.807, 2.05) is 42.4 Å². The van der Waals surface area contributed by atoms with Crippen LogP contribution in [0.5, 0.6) is 5.88 Å². The number of nitrogens with one attached hydrogen (secondary N) is 1. The molecule has 1 aliphatic heterocycles. The summed E-state index contributed by atoms with van der Waals surface area (Å²) < 4.78 is 1.09. The number of aromatic hydroxyl groups is 1. The standard InChI is InChI=1S/C22H23N5O3/c1-15-7-2-3-9-18(15)27-21(29)17(20(28)25-22(27)30)14-24-26-12-5-4-10-19(26)16-8-6-11-23-13-16/h2-3,6-9,11,13-14,19,29H,4-5,10,12H2,1H3,(H,25,28,30)/t19-/m1/s1. The van der Waals surface area contributed by atoms with Gasteiger partial charge in [-0.05, 0) is 49.4 Å². The van der Waals surface area contributed by atoms with Crippen molar-refractivity contribution in [3.05, 3.63) is 86.3 Å². The van der Waals surface area contributed by atoms with Crippen LogP contribution < -0.4 is 11.2 Å². The minimum atomic E-state index is -0.699. The summed E-state index contributed by atoms with van der Waals surface area (Å²) in [7, 11) is 0. The van der Waals surface area contributed by atoms with Crippen molar-refractivity contribution in [2.45, 2.75) is 32.2 Å². The van der Waals surface area contributed by atoms with E-state index in [4.69, 9.17) is 0 Å². The Morgan fingerprint density at radius 2 is 2.03 bits per heavy atom. The van der Waals surface area contributed by atoms with Crippen molar-refractivity contribution in [3.8, 4) is 11.6 Å². The van der Waals surface area contributed by atoms with Gasteiger partial charge < -0.3 is 5.11 Å². The third kappa shape index (κ3) is 3.76. The van der Waals surface area contributed by atoms with Gasteiger partial charge >= 0.3 is 5.69 Å². The van der Waals surface area contributed by atoms with Crippen LogP contribution in [0.1, 0.15) is 42.0 Å². The van der Waals surface area contributed by atoms with Crippen molar-refractivity contribution < 1.29 is 5.11 Å². The second-order valence-corrected chi connectivity index (χ2v) is 7.32. The lowest BCUT2D eigenvalue weighted by atomic mass is 9.98. The molecule has 30 heavy (non-hydrogen) atoms. The Morgan fingerprint density at radius 1 is 1.20 bits per heavy atom. The van der Waals surface area contributed by atoms with Crippen LogP contribution >= 0.6 is 0 Å². The van der Waals surface area contributed by atoms with Gasteiger partial charge in [-0.1, -0.05) is 24.3 Å². The van der Waals surface area contributed by atoms with E-state index < -0.39 is 17.1 Å². The van der Waals surface area contributed by atoms with Crippen molar-refractivity contribution in [1.82, 2.24) is 19.5 Å². The van der Waals surface area contributed by atoms with E-state index in [0.717, 1.165) is 41.5 Å². The normalized spacial score (nSPS) is 16.8. The summed E-state index contributed by atoms with van der Waals surface area (Å²) >= 11 is 0. The van der Waals surface area contributed by atoms with Crippen LogP contribution in [0.2, 0.25) is 0 Å². The van der Waals surface area contributed by atoms with E-state index in [0.29, 0.717) is 5.69 Å². The minimum absolute atomic E-state index is 0.0483. The molecule has 1 aromatic carbocycles. The molecular formula is C22H23N5O3. The number of hydrogen-bond acceptors (Lipinski definition) is 6. The van der Waals surface area contributed by atoms with Gasteiger partial charge in [-0.3, -0.25) is 19.8 Å². The minimum Gasteiger partial charge on any atom is -0.493 e. The molecule has 154 valence electrons. The van der Waals surface area contributed by atoms with Gasteiger partial charge in [0.15, 0.2) is 0 Å². The second kappa shape index (κ2) is 8.36. The molecule has 0 aliphatic carbocycles. The molecule has 0 radical (unpaired) electrons. The lowest BCUT2D eigenvalue weighted by Gasteiger charge is -2.33. The largest absolute Gasteiger partial charge is 0.493 e. The second-order valence-electron chi connectivity index (χ2n) is 7.32. The van der Waals surface area contributed by atoms with Crippen molar-refractivity contribution >= 4 is 6.21 Å². The van der Waals surface area contributed by atoms with Crippen molar-refractivity contribution in [3.63, 3.8) is 0 Å². The van der Waals surface area contributed by atoms with Crippen LogP contribution in [0.25, 0.3) is 5.69 Å². The Hall–Kier alpha value is -3.68. The fourth-order valence-electron chi connectivity index (χ4n) is 3.79. The quantitative estimate of drug-likeness (QED) is 0.649. The van der Waals surface area contributed by atoms with Gasteiger partial charge in [-0.25, -0.2) is 9.36 Å². The lowest BCUT2D eigenvalue weighted by molar-refractivity contribution is 0.156. The van der Waals surface area contributed by atoms with Gasteiger partial charge in [-0.2, -0.15) is 5.10 Å². The fourth-order valence-corrected chi connectivity index (χ4v) is 3.79. The highest BCUT2D eigenvalue weighted by Crippen LogP contribution is 2.30. The number of benzene rings is 1. The number of aromatic nitrogens is 3. The third-order valence-corrected chi connectivity index (χ3v) is 5.36. The topological polar surface area (TPSA) is 104 Å². The van der Waals surface area contributed by atoms with E-state index in [1.54, 1.807) is 18.3 Å². The molecule has 3 aromatic rings. The number of hydrogen-bond donors (Lipinski definition) is 2. The Kier molecular flexibility index (Phi) is 5.47. The van der Waals surface area contributed by atoms with Crippen LogP contribution in [0.15, 0.2) is 63.5 Å². The van der Waals surface area contributed by atoms with Gasteiger partial charge in [0.1, 0.15) is 5.56 Å². The van der Waals surface area contributed by atoms with E-state index >= 15 is 0 Å². The Balaban J connectivity index is 1.73. The Labute approximate surface area is 173 Å². The van der Waals surface area contributed by atoms with Gasteiger partial charge in [-0.15, -0.1) is 0 Å². The van der Waals surface area contributed by atoms with Gasteiger partial charge in [0, 0.05) is 18.9 Å². The summed E-state index contributed by atoms with van der Waals surface area (Å²) in [6.07, 6.45) is 7.87. The van der Waals surface area contributed by atoms with Crippen molar-refractivity contribution in [2.24, 2.45) is 5.10 Å².